The number of aliphatic imine (C=N–C) groups is 1. The molecule has 0 radical (unpaired) electrons. The Kier molecular flexibility index (Phi) is 9.23. The van der Waals surface area contributed by atoms with Crippen LogP contribution in [-0.2, 0) is 11.2 Å². The molecule has 0 aliphatic rings. The summed E-state index contributed by atoms with van der Waals surface area (Å²) >= 11 is 0. The fourth-order valence-electron chi connectivity index (χ4n) is 4.39. The van der Waals surface area contributed by atoms with E-state index in [-0.39, 0.29) is 11.9 Å². The number of hydrogen-bond donors (Lipinski definition) is 4. The fraction of sp³-hybridized carbons (Fsp3) is 0.250. The third kappa shape index (κ3) is 6.90. The first-order chi connectivity index (χ1) is 19.4. The topological polar surface area (TPSA) is 177 Å². The van der Waals surface area contributed by atoms with E-state index in [9.17, 15) is 14.0 Å². The van der Waals surface area contributed by atoms with Crippen LogP contribution in [0, 0.1) is 0 Å². The summed E-state index contributed by atoms with van der Waals surface area (Å²) in [6.45, 7) is -0.265. The molecule has 12 heteroatoms. The SMILES string of the molecule is NC(=O)[C@H](CCCN=C(N)N)n1c(-c2cccc(OCF)c2)nc2cc(C(=O)NCCc3ccccn3)ccc21. The van der Waals surface area contributed by atoms with Crippen LogP contribution in [0.3, 0.4) is 0 Å². The Labute approximate surface area is 230 Å². The van der Waals surface area contributed by atoms with Crippen molar-refractivity contribution in [3.8, 4) is 17.1 Å². The van der Waals surface area contributed by atoms with E-state index in [1.165, 1.54) is 0 Å². The summed E-state index contributed by atoms with van der Waals surface area (Å²) < 4.78 is 19.6. The van der Waals surface area contributed by atoms with Crippen LogP contribution in [0.5, 0.6) is 5.75 Å². The number of carbonyl (C=O) groups is 2. The average Bonchev–Trinajstić information content (AvgIpc) is 3.32. The van der Waals surface area contributed by atoms with Crippen LogP contribution >= 0.6 is 0 Å². The van der Waals surface area contributed by atoms with E-state index < -0.39 is 18.8 Å². The highest BCUT2D eigenvalue weighted by molar-refractivity contribution is 5.98. The number of rotatable bonds is 13. The predicted octanol–water partition coefficient (Wildman–Crippen LogP) is 2.46. The van der Waals surface area contributed by atoms with Crippen molar-refractivity contribution in [1.29, 1.82) is 0 Å². The monoisotopic (exact) mass is 546 g/mol. The number of alkyl halides is 1. The summed E-state index contributed by atoms with van der Waals surface area (Å²) in [6, 6.07) is 16.6. The summed E-state index contributed by atoms with van der Waals surface area (Å²) in [5, 5.41) is 2.90. The third-order valence-electron chi connectivity index (χ3n) is 6.23. The van der Waals surface area contributed by atoms with E-state index >= 15 is 0 Å². The molecule has 2 aromatic carbocycles. The number of hydrogen-bond acceptors (Lipinski definition) is 6. The third-order valence-corrected chi connectivity index (χ3v) is 6.23. The van der Waals surface area contributed by atoms with E-state index in [4.69, 9.17) is 26.9 Å². The van der Waals surface area contributed by atoms with Gasteiger partial charge in [-0.15, -0.1) is 0 Å². The fourth-order valence-corrected chi connectivity index (χ4v) is 4.39. The van der Waals surface area contributed by atoms with E-state index in [0.29, 0.717) is 66.1 Å². The van der Waals surface area contributed by atoms with E-state index in [1.807, 2.05) is 18.2 Å². The summed E-state index contributed by atoms with van der Waals surface area (Å²) in [4.78, 5) is 38.6. The lowest BCUT2D eigenvalue weighted by molar-refractivity contribution is -0.121. The minimum Gasteiger partial charge on any atom is -0.463 e. The van der Waals surface area contributed by atoms with Crippen molar-refractivity contribution in [3.05, 3.63) is 78.1 Å². The van der Waals surface area contributed by atoms with Crippen molar-refractivity contribution in [1.82, 2.24) is 19.9 Å². The number of guanidine groups is 1. The van der Waals surface area contributed by atoms with Crippen molar-refractivity contribution in [2.24, 2.45) is 22.2 Å². The number of halogens is 1. The van der Waals surface area contributed by atoms with Gasteiger partial charge in [-0.25, -0.2) is 9.37 Å². The molecule has 0 unspecified atom stereocenters. The highest BCUT2D eigenvalue weighted by Crippen LogP contribution is 2.32. The molecule has 1 atom stereocenters. The molecule has 2 amide bonds. The van der Waals surface area contributed by atoms with Crippen molar-refractivity contribution in [3.63, 3.8) is 0 Å². The molecule has 4 rings (SSSR count). The normalized spacial score (nSPS) is 11.6. The van der Waals surface area contributed by atoms with Gasteiger partial charge in [0.05, 0.1) is 11.0 Å². The first-order valence-corrected chi connectivity index (χ1v) is 12.7. The maximum Gasteiger partial charge on any atom is 0.251 e. The lowest BCUT2D eigenvalue weighted by Gasteiger charge is -2.19. The molecular weight excluding hydrogens is 515 g/mol. The Balaban J connectivity index is 1.68. The van der Waals surface area contributed by atoms with Crippen molar-refractivity contribution in [2.45, 2.75) is 25.3 Å². The second-order valence-electron chi connectivity index (χ2n) is 8.98. The molecular formula is C28H31FN8O3. The number of aromatic nitrogens is 3. The molecule has 0 aliphatic heterocycles. The smallest absolute Gasteiger partial charge is 0.251 e. The molecule has 4 aromatic rings. The number of imidazole rings is 1. The molecule has 0 aliphatic carbocycles. The molecule has 2 aromatic heterocycles. The Morgan fingerprint density at radius 2 is 1.93 bits per heavy atom. The molecule has 0 spiro atoms. The van der Waals surface area contributed by atoms with Crippen molar-refractivity contribution >= 4 is 28.8 Å². The molecule has 0 fully saturated rings. The molecule has 7 N–H and O–H groups in total. The Morgan fingerprint density at radius 1 is 1.07 bits per heavy atom. The number of nitrogens with zero attached hydrogens (tertiary/aromatic N) is 4. The van der Waals surface area contributed by atoms with E-state index in [2.05, 4.69) is 15.3 Å². The molecule has 0 bridgehead atoms. The zero-order chi connectivity index (χ0) is 28.5. The molecule has 2 heterocycles. The summed E-state index contributed by atoms with van der Waals surface area (Å²) in [6.07, 6.45) is 3.11. The van der Waals surface area contributed by atoms with Gasteiger partial charge in [0.25, 0.3) is 5.91 Å². The Morgan fingerprint density at radius 3 is 2.65 bits per heavy atom. The number of carbonyl (C=O) groups excluding carboxylic acids is 2. The van der Waals surface area contributed by atoms with Gasteiger partial charge in [0.2, 0.25) is 12.8 Å². The van der Waals surface area contributed by atoms with Crippen molar-refractivity contribution in [2.75, 3.05) is 20.0 Å². The molecule has 11 nitrogen and oxygen atoms in total. The summed E-state index contributed by atoms with van der Waals surface area (Å²) in [5.74, 6) is -0.166. The number of pyridine rings is 1. The van der Waals surface area contributed by atoms with Gasteiger partial charge in [-0.05, 0) is 55.3 Å². The lowest BCUT2D eigenvalue weighted by atomic mass is 10.1. The van der Waals surface area contributed by atoms with Crippen LogP contribution in [0.4, 0.5) is 4.39 Å². The van der Waals surface area contributed by atoms with E-state index in [1.54, 1.807) is 53.2 Å². The second kappa shape index (κ2) is 13.2. The van der Waals surface area contributed by atoms with Crippen LogP contribution in [0.15, 0.2) is 71.9 Å². The highest BCUT2D eigenvalue weighted by atomic mass is 19.1. The lowest BCUT2D eigenvalue weighted by Crippen LogP contribution is -2.28. The Bertz CT molecular complexity index is 1500. The zero-order valence-electron chi connectivity index (χ0n) is 21.8. The maximum absolute atomic E-state index is 12.9. The minimum atomic E-state index is -0.993. The van der Waals surface area contributed by atoms with Gasteiger partial charge in [0.1, 0.15) is 17.6 Å². The van der Waals surface area contributed by atoms with Crippen LogP contribution < -0.4 is 27.3 Å². The van der Waals surface area contributed by atoms with E-state index in [0.717, 1.165) is 5.69 Å². The van der Waals surface area contributed by atoms with Crippen LogP contribution in [-0.4, -0.2) is 52.3 Å². The second-order valence-corrected chi connectivity index (χ2v) is 8.98. The molecule has 0 saturated heterocycles. The first-order valence-electron chi connectivity index (χ1n) is 12.7. The number of primary amides is 1. The maximum atomic E-state index is 12.9. The Hall–Kier alpha value is -5.00. The van der Waals surface area contributed by atoms with Gasteiger partial charge in [-0.1, -0.05) is 18.2 Å². The van der Waals surface area contributed by atoms with Gasteiger partial charge in [-0.3, -0.25) is 19.6 Å². The average molecular weight is 547 g/mol. The largest absolute Gasteiger partial charge is 0.463 e. The zero-order valence-corrected chi connectivity index (χ0v) is 21.8. The predicted molar refractivity (Wildman–Crippen MR) is 150 cm³/mol. The number of amides is 2. The number of ether oxygens (including phenoxy) is 1. The quantitative estimate of drug-likeness (QED) is 0.113. The van der Waals surface area contributed by atoms with Gasteiger partial charge in [-0.2, -0.15) is 0 Å². The van der Waals surface area contributed by atoms with Gasteiger partial charge < -0.3 is 31.8 Å². The minimum absolute atomic E-state index is 0.0417. The summed E-state index contributed by atoms with van der Waals surface area (Å²) in [5.41, 5.74) is 19.6. The van der Waals surface area contributed by atoms with Crippen LogP contribution in [0.1, 0.15) is 34.9 Å². The molecule has 0 saturated carbocycles. The number of nitrogens with one attached hydrogen (secondary N) is 1. The number of benzene rings is 2. The molecule has 208 valence electrons. The van der Waals surface area contributed by atoms with Gasteiger partial charge >= 0.3 is 0 Å². The summed E-state index contributed by atoms with van der Waals surface area (Å²) in [7, 11) is 0. The van der Waals surface area contributed by atoms with Crippen LogP contribution in [0.25, 0.3) is 22.4 Å². The van der Waals surface area contributed by atoms with Gasteiger partial charge in [0.15, 0.2) is 5.96 Å². The number of fused-ring (bicyclic) bond motifs is 1. The van der Waals surface area contributed by atoms with Gasteiger partial charge in [0, 0.05) is 42.5 Å². The first kappa shape index (κ1) is 28.0. The highest BCUT2D eigenvalue weighted by Gasteiger charge is 2.25. The molecule has 40 heavy (non-hydrogen) atoms. The van der Waals surface area contributed by atoms with Crippen molar-refractivity contribution < 1.29 is 18.7 Å². The standard InChI is InChI=1S/C28H31FN8O3/c29-17-40-21-7-3-5-18(15-21)26-36-22-16-19(27(39)34-14-11-20-6-1-2-12-33-20)9-10-23(22)37(26)24(25(30)38)8-4-13-35-28(31)32/h1-3,5-7,9-10,12,15-16,24H,4,8,11,13-14,17H2,(H2,30,38)(H,34,39)(H4,31,32,35)/t24-/m0/s1. The van der Waals surface area contributed by atoms with Crippen LogP contribution in [0.2, 0.25) is 0 Å². The number of nitrogens with two attached hydrogens (primary N) is 3.